The van der Waals surface area contributed by atoms with Crippen LogP contribution in [0.2, 0.25) is 0 Å². The maximum Gasteiger partial charge on any atom is 0.334 e. The Morgan fingerprint density at radius 2 is 2.07 bits per heavy atom. The number of hydrogen-bond donors (Lipinski definition) is 0. The van der Waals surface area contributed by atoms with Crippen molar-refractivity contribution >= 4 is 5.97 Å². The van der Waals surface area contributed by atoms with Crippen molar-refractivity contribution in [1.82, 2.24) is 0 Å². The molecule has 0 radical (unpaired) electrons. The highest BCUT2D eigenvalue weighted by Gasteiger charge is 2.25. The average Bonchev–Trinajstić information content (AvgIpc) is 2.14. The smallest absolute Gasteiger partial charge is 0.334 e. The standard InChI is InChI=1S/C11H22NO2.BrH/c1-6-8-9-12(4,5)10(3)14-11(13)7-2;/h7,10H,2,6,8-9H2,1,3-5H3;1H/q+1;/p-1. The fourth-order valence-corrected chi connectivity index (χ4v) is 1.11. The van der Waals surface area contributed by atoms with Crippen LogP contribution in [-0.4, -0.2) is 37.3 Å². The van der Waals surface area contributed by atoms with Crippen LogP contribution in [0.15, 0.2) is 12.7 Å². The second kappa shape index (κ2) is 7.88. The summed E-state index contributed by atoms with van der Waals surface area (Å²) in [6.07, 6.45) is 3.38. The third kappa shape index (κ3) is 6.68. The van der Waals surface area contributed by atoms with E-state index < -0.39 is 0 Å². The van der Waals surface area contributed by atoms with E-state index >= 15 is 0 Å². The topological polar surface area (TPSA) is 26.3 Å². The van der Waals surface area contributed by atoms with Crippen molar-refractivity contribution in [3.8, 4) is 0 Å². The fraction of sp³-hybridized carbons (Fsp3) is 0.727. The molecule has 0 saturated carbocycles. The van der Waals surface area contributed by atoms with Gasteiger partial charge in [0, 0.05) is 13.0 Å². The molecule has 0 amide bonds. The van der Waals surface area contributed by atoms with Gasteiger partial charge in [-0.05, 0) is 6.42 Å². The molecule has 0 spiro atoms. The second-order valence-corrected chi connectivity index (χ2v) is 4.10. The summed E-state index contributed by atoms with van der Waals surface area (Å²) in [4.78, 5) is 11.0. The summed E-state index contributed by atoms with van der Waals surface area (Å²) in [6, 6.07) is 0. The largest absolute Gasteiger partial charge is 1.00 e. The number of unbranched alkanes of at least 4 members (excludes halogenated alkanes) is 1. The highest BCUT2D eigenvalue weighted by atomic mass is 79.9. The molecule has 0 N–H and O–H groups in total. The lowest BCUT2D eigenvalue weighted by atomic mass is 10.3. The van der Waals surface area contributed by atoms with E-state index in [-0.39, 0.29) is 29.2 Å². The number of ether oxygens (including phenoxy) is 1. The van der Waals surface area contributed by atoms with E-state index in [1.54, 1.807) is 0 Å². The number of carbonyl (C=O) groups excluding carboxylic acids is 1. The molecule has 0 aromatic carbocycles. The SMILES string of the molecule is C=CC(=O)OC(C)[N+](C)(C)CCCC.[Br-]. The summed E-state index contributed by atoms with van der Waals surface area (Å²) in [5.74, 6) is -0.347. The van der Waals surface area contributed by atoms with Gasteiger partial charge in [0.25, 0.3) is 0 Å². The number of quaternary nitrogens is 1. The van der Waals surface area contributed by atoms with Gasteiger partial charge < -0.3 is 21.7 Å². The van der Waals surface area contributed by atoms with Crippen LogP contribution in [0.3, 0.4) is 0 Å². The Balaban J connectivity index is 0. The molecule has 90 valence electrons. The van der Waals surface area contributed by atoms with Crippen LogP contribution in [0.1, 0.15) is 26.7 Å². The lowest BCUT2D eigenvalue weighted by Crippen LogP contribution is -3.00. The van der Waals surface area contributed by atoms with Crippen molar-refractivity contribution in [2.24, 2.45) is 0 Å². The molecule has 0 heterocycles. The Labute approximate surface area is 103 Å². The van der Waals surface area contributed by atoms with Crippen molar-refractivity contribution in [3.05, 3.63) is 12.7 Å². The number of hydrogen-bond acceptors (Lipinski definition) is 2. The van der Waals surface area contributed by atoms with Gasteiger partial charge >= 0.3 is 5.97 Å². The fourth-order valence-electron chi connectivity index (χ4n) is 1.11. The van der Waals surface area contributed by atoms with E-state index in [0.717, 1.165) is 19.4 Å². The molecule has 0 saturated heterocycles. The van der Waals surface area contributed by atoms with Crippen LogP contribution in [0.25, 0.3) is 0 Å². The van der Waals surface area contributed by atoms with Gasteiger partial charge in [-0.2, -0.15) is 0 Å². The predicted molar refractivity (Wildman–Crippen MR) is 57.6 cm³/mol. The van der Waals surface area contributed by atoms with Crippen LogP contribution in [0, 0.1) is 0 Å². The molecular formula is C11H22BrNO2. The Hall–Kier alpha value is -0.350. The molecule has 0 aliphatic heterocycles. The number of esters is 1. The van der Waals surface area contributed by atoms with Crippen LogP contribution in [0.4, 0.5) is 0 Å². The van der Waals surface area contributed by atoms with E-state index in [4.69, 9.17) is 4.74 Å². The molecule has 0 aromatic heterocycles. The minimum absolute atomic E-state index is 0. The van der Waals surface area contributed by atoms with Crippen molar-refractivity contribution in [2.45, 2.75) is 32.9 Å². The molecule has 0 bridgehead atoms. The quantitative estimate of drug-likeness (QED) is 0.268. The maximum absolute atomic E-state index is 11.0. The van der Waals surface area contributed by atoms with E-state index in [2.05, 4.69) is 27.6 Å². The molecule has 15 heavy (non-hydrogen) atoms. The summed E-state index contributed by atoms with van der Waals surface area (Å²) < 4.78 is 5.88. The van der Waals surface area contributed by atoms with Gasteiger partial charge in [0.15, 0.2) is 0 Å². The molecule has 1 atom stereocenters. The van der Waals surface area contributed by atoms with Crippen LogP contribution >= 0.6 is 0 Å². The summed E-state index contributed by atoms with van der Waals surface area (Å²) >= 11 is 0. The van der Waals surface area contributed by atoms with Crippen LogP contribution < -0.4 is 17.0 Å². The number of nitrogens with zero attached hydrogens (tertiary/aromatic N) is 1. The maximum atomic E-state index is 11.0. The Morgan fingerprint density at radius 3 is 2.47 bits per heavy atom. The summed E-state index contributed by atoms with van der Waals surface area (Å²) in [6.45, 7) is 8.46. The van der Waals surface area contributed by atoms with Gasteiger partial charge in [-0.25, -0.2) is 4.79 Å². The monoisotopic (exact) mass is 279 g/mol. The summed E-state index contributed by atoms with van der Waals surface area (Å²) in [7, 11) is 4.13. The van der Waals surface area contributed by atoms with Gasteiger partial charge in [0.05, 0.1) is 20.6 Å². The minimum atomic E-state index is -0.347. The average molecular weight is 280 g/mol. The molecule has 0 aliphatic carbocycles. The number of rotatable bonds is 6. The van der Waals surface area contributed by atoms with E-state index in [1.807, 2.05) is 6.92 Å². The second-order valence-electron chi connectivity index (χ2n) is 4.10. The normalized spacial score (nSPS) is 12.5. The number of halogens is 1. The first-order chi connectivity index (χ1) is 6.44. The first kappa shape index (κ1) is 17.1. The third-order valence-corrected chi connectivity index (χ3v) is 2.53. The lowest BCUT2D eigenvalue weighted by Gasteiger charge is -2.34. The van der Waals surface area contributed by atoms with E-state index in [1.165, 1.54) is 6.08 Å². The zero-order valence-electron chi connectivity index (χ0n) is 10.1. The summed E-state index contributed by atoms with van der Waals surface area (Å²) in [5, 5.41) is 0. The molecule has 1 unspecified atom stereocenters. The van der Waals surface area contributed by atoms with Crippen LogP contribution in [-0.2, 0) is 9.53 Å². The minimum Gasteiger partial charge on any atom is -1.00 e. The first-order valence-corrected chi connectivity index (χ1v) is 5.09. The predicted octanol–water partition coefficient (Wildman–Crippen LogP) is -1.06. The van der Waals surface area contributed by atoms with Crippen molar-refractivity contribution < 1.29 is 31.0 Å². The zero-order chi connectivity index (χ0) is 11.2. The van der Waals surface area contributed by atoms with Gasteiger partial charge in [0.1, 0.15) is 0 Å². The van der Waals surface area contributed by atoms with Crippen molar-refractivity contribution in [3.63, 3.8) is 0 Å². The molecular weight excluding hydrogens is 258 g/mol. The van der Waals surface area contributed by atoms with Gasteiger partial charge in [0.2, 0.25) is 6.23 Å². The third-order valence-electron chi connectivity index (χ3n) is 2.53. The van der Waals surface area contributed by atoms with Gasteiger partial charge in [-0.1, -0.05) is 19.9 Å². The first-order valence-electron chi connectivity index (χ1n) is 5.09. The highest BCUT2D eigenvalue weighted by molar-refractivity contribution is 5.81. The molecule has 0 aromatic rings. The van der Waals surface area contributed by atoms with Crippen LogP contribution in [0.5, 0.6) is 0 Å². The van der Waals surface area contributed by atoms with Gasteiger partial charge in [-0.3, -0.25) is 4.48 Å². The molecule has 4 heteroatoms. The highest BCUT2D eigenvalue weighted by Crippen LogP contribution is 2.10. The van der Waals surface area contributed by atoms with Crippen molar-refractivity contribution in [1.29, 1.82) is 0 Å². The van der Waals surface area contributed by atoms with E-state index in [9.17, 15) is 4.79 Å². The summed E-state index contributed by atoms with van der Waals surface area (Å²) in [5.41, 5.74) is 0. The van der Waals surface area contributed by atoms with E-state index in [0.29, 0.717) is 4.48 Å². The molecule has 0 aliphatic rings. The lowest BCUT2D eigenvalue weighted by molar-refractivity contribution is -0.932. The Kier molecular flexibility index (Phi) is 8.96. The van der Waals surface area contributed by atoms with Gasteiger partial charge in [-0.15, -0.1) is 0 Å². The molecule has 0 rings (SSSR count). The Bertz CT molecular complexity index is 205. The molecule has 3 nitrogen and oxygen atoms in total. The number of carbonyl (C=O) groups is 1. The molecule has 0 fully saturated rings. The Morgan fingerprint density at radius 1 is 1.53 bits per heavy atom. The zero-order valence-corrected chi connectivity index (χ0v) is 11.7. The van der Waals surface area contributed by atoms with Crippen molar-refractivity contribution in [2.75, 3.05) is 20.6 Å².